The van der Waals surface area contributed by atoms with Gasteiger partial charge in [0.15, 0.2) is 6.29 Å². The zero-order chi connectivity index (χ0) is 12.0. The molecule has 1 aromatic carbocycles. The van der Waals surface area contributed by atoms with Crippen molar-refractivity contribution in [1.29, 1.82) is 0 Å². The lowest BCUT2D eigenvalue weighted by Gasteiger charge is -2.14. The summed E-state index contributed by atoms with van der Waals surface area (Å²) in [7, 11) is 3.19. The fraction of sp³-hybridized carbons (Fsp3) is 0.500. The summed E-state index contributed by atoms with van der Waals surface area (Å²) in [5, 5.41) is 12.8. The van der Waals surface area contributed by atoms with Gasteiger partial charge in [0, 0.05) is 32.9 Å². The molecule has 0 atom stereocenters. The molecule has 0 unspecified atom stereocenters. The number of nitrogens with one attached hydrogen (secondary N) is 1. The van der Waals surface area contributed by atoms with Gasteiger partial charge in [-0.3, -0.25) is 0 Å². The molecule has 0 aromatic heterocycles. The van der Waals surface area contributed by atoms with Crippen molar-refractivity contribution in [3.05, 3.63) is 29.3 Å². The van der Waals surface area contributed by atoms with E-state index in [-0.39, 0.29) is 6.29 Å². The van der Waals surface area contributed by atoms with Gasteiger partial charge >= 0.3 is 0 Å². The molecule has 0 heterocycles. The molecule has 0 saturated heterocycles. The van der Waals surface area contributed by atoms with Crippen LogP contribution in [0.4, 0.5) is 0 Å². The van der Waals surface area contributed by atoms with E-state index in [2.05, 4.69) is 5.32 Å². The number of hydrogen-bond acceptors (Lipinski definition) is 4. The third-order valence-electron chi connectivity index (χ3n) is 2.39. The Labute approximate surface area is 96.2 Å². The molecule has 0 aliphatic carbocycles. The average Bonchev–Trinajstić information content (AvgIpc) is 2.29. The minimum absolute atomic E-state index is 0.257. The molecule has 16 heavy (non-hydrogen) atoms. The number of aryl methyl sites for hydroxylation is 1. The van der Waals surface area contributed by atoms with Gasteiger partial charge in [-0.1, -0.05) is 17.7 Å². The summed E-state index contributed by atoms with van der Waals surface area (Å²) >= 11 is 0. The van der Waals surface area contributed by atoms with Crippen molar-refractivity contribution in [2.24, 2.45) is 0 Å². The molecule has 0 amide bonds. The molecule has 0 aliphatic heterocycles. The second-order valence-corrected chi connectivity index (χ2v) is 3.66. The van der Waals surface area contributed by atoms with Crippen LogP contribution >= 0.6 is 0 Å². The topological polar surface area (TPSA) is 50.7 Å². The molecule has 0 saturated carbocycles. The molecule has 0 radical (unpaired) electrons. The Hall–Kier alpha value is -1.10. The molecule has 0 spiro atoms. The van der Waals surface area contributed by atoms with E-state index in [0.717, 1.165) is 11.1 Å². The summed E-state index contributed by atoms with van der Waals surface area (Å²) in [6.07, 6.45) is -0.257. The number of aromatic hydroxyl groups is 1. The number of phenols is 1. The standard InChI is InChI=1S/C12H19NO3/c1-9-4-5-11(14)10(6-9)7-13-8-12(15-2)16-3/h4-6,12-14H,7-8H2,1-3H3. The van der Waals surface area contributed by atoms with Gasteiger partial charge in [-0.2, -0.15) is 0 Å². The number of phenolic OH excluding ortho intramolecular Hbond substituents is 1. The molecule has 1 rings (SSSR count). The van der Waals surface area contributed by atoms with Crippen LogP contribution in [0.25, 0.3) is 0 Å². The second-order valence-electron chi connectivity index (χ2n) is 3.66. The van der Waals surface area contributed by atoms with E-state index < -0.39 is 0 Å². The number of hydrogen-bond donors (Lipinski definition) is 2. The van der Waals surface area contributed by atoms with Crippen LogP contribution in [-0.4, -0.2) is 32.2 Å². The lowest BCUT2D eigenvalue weighted by molar-refractivity contribution is -0.0989. The quantitative estimate of drug-likeness (QED) is 0.719. The summed E-state index contributed by atoms with van der Waals surface area (Å²) in [5.41, 5.74) is 2.01. The number of benzene rings is 1. The van der Waals surface area contributed by atoms with Crippen molar-refractivity contribution in [3.8, 4) is 5.75 Å². The maximum absolute atomic E-state index is 9.61. The van der Waals surface area contributed by atoms with Gasteiger partial charge in [-0.15, -0.1) is 0 Å². The molecule has 0 bridgehead atoms. The van der Waals surface area contributed by atoms with E-state index in [4.69, 9.17) is 9.47 Å². The van der Waals surface area contributed by atoms with Crippen LogP contribution in [0.5, 0.6) is 5.75 Å². The van der Waals surface area contributed by atoms with Gasteiger partial charge in [0.1, 0.15) is 5.75 Å². The molecule has 0 fully saturated rings. The minimum atomic E-state index is -0.257. The van der Waals surface area contributed by atoms with Gasteiger partial charge in [-0.05, 0) is 13.0 Å². The van der Waals surface area contributed by atoms with Gasteiger partial charge in [-0.25, -0.2) is 0 Å². The predicted molar refractivity (Wildman–Crippen MR) is 62.4 cm³/mol. The average molecular weight is 225 g/mol. The zero-order valence-electron chi connectivity index (χ0n) is 9.99. The van der Waals surface area contributed by atoms with Crippen LogP contribution < -0.4 is 5.32 Å². The molecule has 4 heteroatoms. The molecule has 0 aliphatic rings. The van der Waals surface area contributed by atoms with Crippen molar-refractivity contribution in [2.75, 3.05) is 20.8 Å². The Bertz CT molecular complexity index is 324. The molecule has 90 valence electrons. The Kier molecular flexibility index (Phi) is 5.25. The highest BCUT2D eigenvalue weighted by molar-refractivity contribution is 5.35. The van der Waals surface area contributed by atoms with Gasteiger partial charge in [0.2, 0.25) is 0 Å². The first-order chi connectivity index (χ1) is 7.67. The van der Waals surface area contributed by atoms with Crippen molar-refractivity contribution in [3.63, 3.8) is 0 Å². The van der Waals surface area contributed by atoms with Gasteiger partial charge in [0.25, 0.3) is 0 Å². The maximum Gasteiger partial charge on any atom is 0.169 e. The monoisotopic (exact) mass is 225 g/mol. The van der Waals surface area contributed by atoms with Crippen LogP contribution in [-0.2, 0) is 16.0 Å². The van der Waals surface area contributed by atoms with Crippen LogP contribution in [0.1, 0.15) is 11.1 Å². The highest BCUT2D eigenvalue weighted by Crippen LogP contribution is 2.17. The Balaban J connectivity index is 2.45. The van der Waals surface area contributed by atoms with Crippen molar-refractivity contribution >= 4 is 0 Å². The summed E-state index contributed by atoms with van der Waals surface area (Å²) in [6.45, 7) is 3.17. The van der Waals surface area contributed by atoms with E-state index in [1.165, 1.54) is 0 Å². The highest BCUT2D eigenvalue weighted by Gasteiger charge is 2.05. The van der Waals surface area contributed by atoms with Gasteiger partial charge in [0.05, 0.1) is 0 Å². The fourth-order valence-corrected chi connectivity index (χ4v) is 1.44. The highest BCUT2D eigenvalue weighted by atomic mass is 16.7. The summed E-state index contributed by atoms with van der Waals surface area (Å²) < 4.78 is 10.1. The lowest BCUT2D eigenvalue weighted by Crippen LogP contribution is -2.29. The van der Waals surface area contributed by atoms with Crippen molar-refractivity contribution in [1.82, 2.24) is 5.32 Å². The van der Waals surface area contributed by atoms with Crippen molar-refractivity contribution in [2.45, 2.75) is 19.8 Å². The SMILES string of the molecule is COC(CNCc1cc(C)ccc1O)OC. The van der Waals surface area contributed by atoms with Crippen LogP contribution in [0.15, 0.2) is 18.2 Å². The van der Waals surface area contributed by atoms with Crippen molar-refractivity contribution < 1.29 is 14.6 Å². The summed E-state index contributed by atoms with van der Waals surface area (Å²) in [4.78, 5) is 0. The third kappa shape index (κ3) is 3.81. The molecule has 1 aromatic rings. The van der Waals surface area contributed by atoms with Gasteiger partial charge < -0.3 is 19.9 Å². The first-order valence-electron chi connectivity index (χ1n) is 5.22. The van der Waals surface area contributed by atoms with E-state index in [9.17, 15) is 5.11 Å². The first-order valence-corrected chi connectivity index (χ1v) is 5.22. The van der Waals surface area contributed by atoms with Crippen LogP contribution in [0.3, 0.4) is 0 Å². The van der Waals surface area contributed by atoms with E-state index in [1.54, 1.807) is 20.3 Å². The fourth-order valence-electron chi connectivity index (χ4n) is 1.44. The number of ether oxygens (including phenoxy) is 2. The Morgan fingerprint density at radius 3 is 2.62 bits per heavy atom. The van der Waals surface area contributed by atoms with E-state index >= 15 is 0 Å². The first kappa shape index (κ1) is 13.0. The molecular weight excluding hydrogens is 206 g/mol. The Morgan fingerprint density at radius 2 is 2.00 bits per heavy atom. The molecule has 4 nitrogen and oxygen atoms in total. The Morgan fingerprint density at radius 1 is 1.31 bits per heavy atom. The predicted octanol–water partition coefficient (Wildman–Crippen LogP) is 1.41. The van der Waals surface area contributed by atoms with Crippen LogP contribution in [0, 0.1) is 6.92 Å². The third-order valence-corrected chi connectivity index (χ3v) is 2.39. The maximum atomic E-state index is 9.61. The smallest absolute Gasteiger partial charge is 0.169 e. The van der Waals surface area contributed by atoms with Crippen LogP contribution in [0.2, 0.25) is 0 Å². The minimum Gasteiger partial charge on any atom is -0.508 e. The second kappa shape index (κ2) is 6.48. The normalized spacial score (nSPS) is 11.0. The largest absolute Gasteiger partial charge is 0.508 e. The number of rotatable bonds is 6. The zero-order valence-corrected chi connectivity index (χ0v) is 9.99. The van der Waals surface area contributed by atoms with E-state index in [1.807, 2.05) is 19.1 Å². The lowest BCUT2D eigenvalue weighted by atomic mass is 10.1. The number of methoxy groups -OCH3 is 2. The molecular formula is C12H19NO3. The summed E-state index contributed by atoms with van der Waals surface area (Å²) in [5.74, 6) is 0.310. The molecule has 2 N–H and O–H groups in total. The summed E-state index contributed by atoms with van der Waals surface area (Å²) in [6, 6.07) is 5.54. The van der Waals surface area contributed by atoms with E-state index in [0.29, 0.717) is 18.8 Å².